The first-order chi connectivity index (χ1) is 9.15. The van der Waals surface area contributed by atoms with E-state index in [1.165, 1.54) is 38.0 Å². The van der Waals surface area contributed by atoms with Crippen molar-refractivity contribution in [3.05, 3.63) is 29.8 Å². The second kappa shape index (κ2) is 6.92. The number of likely N-dealkylation sites (tertiary alicyclic amines) is 1. The summed E-state index contributed by atoms with van der Waals surface area (Å²) in [6.07, 6.45) is 2.75. The van der Waals surface area contributed by atoms with Crippen molar-refractivity contribution in [1.29, 1.82) is 0 Å². The molecule has 1 aromatic carbocycles. The van der Waals surface area contributed by atoms with Gasteiger partial charge in [0.25, 0.3) is 0 Å². The highest BCUT2D eigenvalue weighted by Crippen LogP contribution is 2.12. The second-order valence-corrected chi connectivity index (χ2v) is 5.85. The molecule has 3 nitrogen and oxygen atoms in total. The number of anilines is 1. The summed E-state index contributed by atoms with van der Waals surface area (Å²) < 4.78 is 0. The fraction of sp³-hybridized carbons (Fsp3) is 0.625. The van der Waals surface area contributed by atoms with Crippen LogP contribution >= 0.6 is 0 Å². The van der Waals surface area contributed by atoms with Gasteiger partial charge in [-0.05, 0) is 57.5 Å². The van der Waals surface area contributed by atoms with Crippen molar-refractivity contribution in [2.75, 3.05) is 31.9 Å². The van der Waals surface area contributed by atoms with Crippen LogP contribution in [0.2, 0.25) is 0 Å². The lowest BCUT2D eigenvalue weighted by atomic mass is 10.1. The van der Waals surface area contributed by atoms with Gasteiger partial charge in [-0.15, -0.1) is 0 Å². The molecule has 1 fully saturated rings. The minimum atomic E-state index is 0.583. The number of rotatable bonds is 6. The topological polar surface area (TPSA) is 32.5 Å². The molecule has 0 spiro atoms. The van der Waals surface area contributed by atoms with Crippen LogP contribution in [0.25, 0.3) is 0 Å². The van der Waals surface area contributed by atoms with E-state index in [4.69, 9.17) is 5.73 Å². The average Bonchev–Trinajstić information content (AvgIpc) is 2.89. The first-order valence-corrected chi connectivity index (χ1v) is 7.46. The Morgan fingerprint density at radius 2 is 1.79 bits per heavy atom. The molecule has 0 unspecified atom stereocenters. The van der Waals surface area contributed by atoms with Gasteiger partial charge in [-0.25, -0.2) is 0 Å². The molecule has 0 saturated carbocycles. The van der Waals surface area contributed by atoms with Gasteiger partial charge in [0.15, 0.2) is 0 Å². The van der Waals surface area contributed by atoms with Crippen LogP contribution in [0.4, 0.5) is 5.69 Å². The Morgan fingerprint density at radius 3 is 2.37 bits per heavy atom. The van der Waals surface area contributed by atoms with Crippen molar-refractivity contribution in [3.63, 3.8) is 0 Å². The Labute approximate surface area is 117 Å². The summed E-state index contributed by atoms with van der Waals surface area (Å²) in [6.45, 7) is 10.5. The lowest BCUT2D eigenvalue weighted by Crippen LogP contribution is -2.37. The molecule has 1 aromatic rings. The third-order valence-corrected chi connectivity index (χ3v) is 4.00. The molecule has 1 heterocycles. The van der Waals surface area contributed by atoms with Crippen LogP contribution in [-0.2, 0) is 6.54 Å². The zero-order valence-electron chi connectivity index (χ0n) is 12.3. The summed E-state index contributed by atoms with van der Waals surface area (Å²) in [5.74, 6) is 0. The molecule has 1 aliphatic heterocycles. The van der Waals surface area contributed by atoms with Gasteiger partial charge in [0, 0.05) is 31.4 Å². The van der Waals surface area contributed by atoms with Crippen molar-refractivity contribution in [3.8, 4) is 0 Å². The van der Waals surface area contributed by atoms with E-state index in [0.29, 0.717) is 6.04 Å². The zero-order valence-corrected chi connectivity index (χ0v) is 12.3. The maximum Gasteiger partial charge on any atom is 0.0314 e. The van der Waals surface area contributed by atoms with Crippen molar-refractivity contribution < 1.29 is 0 Å². The van der Waals surface area contributed by atoms with Gasteiger partial charge in [-0.3, -0.25) is 4.90 Å². The van der Waals surface area contributed by atoms with E-state index in [0.717, 1.165) is 18.8 Å². The Bertz CT molecular complexity index is 366. The van der Waals surface area contributed by atoms with E-state index in [1.807, 2.05) is 12.1 Å². The lowest BCUT2D eigenvalue weighted by Gasteiger charge is -2.28. The van der Waals surface area contributed by atoms with E-state index in [1.54, 1.807) is 0 Å². The molecule has 0 amide bonds. The summed E-state index contributed by atoms with van der Waals surface area (Å²) >= 11 is 0. The molecular formula is C16H27N3. The highest BCUT2D eigenvalue weighted by Gasteiger charge is 2.15. The summed E-state index contributed by atoms with van der Waals surface area (Å²) in [6, 6.07) is 8.85. The Hall–Kier alpha value is -1.06. The number of nitrogens with zero attached hydrogens (tertiary/aromatic N) is 2. The maximum atomic E-state index is 5.74. The van der Waals surface area contributed by atoms with Crippen molar-refractivity contribution in [1.82, 2.24) is 9.80 Å². The molecule has 2 N–H and O–H groups in total. The van der Waals surface area contributed by atoms with Crippen LogP contribution in [-0.4, -0.2) is 42.0 Å². The predicted octanol–water partition coefficient (Wildman–Crippen LogP) is 2.58. The number of hydrogen-bond acceptors (Lipinski definition) is 3. The quantitative estimate of drug-likeness (QED) is 0.799. The van der Waals surface area contributed by atoms with Crippen LogP contribution in [0.5, 0.6) is 0 Å². The van der Waals surface area contributed by atoms with Crippen LogP contribution in [0.3, 0.4) is 0 Å². The third kappa shape index (κ3) is 4.51. The number of nitrogen functional groups attached to an aromatic ring is 1. The first kappa shape index (κ1) is 14.4. The molecule has 2 rings (SSSR count). The van der Waals surface area contributed by atoms with Crippen molar-refractivity contribution in [2.24, 2.45) is 0 Å². The van der Waals surface area contributed by atoms with E-state index < -0.39 is 0 Å². The SMILES string of the molecule is CC(C)N(CCN1CCCC1)Cc1ccc(N)cc1. The average molecular weight is 261 g/mol. The third-order valence-electron chi connectivity index (χ3n) is 4.00. The van der Waals surface area contributed by atoms with Crippen molar-refractivity contribution >= 4 is 5.69 Å². The first-order valence-electron chi connectivity index (χ1n) is 7.46. The molecule has 1 saturated heterocycles. The maximum absolute atomic E-state index is 5.74. The summed E-state index contributed by atoms with van der Waals surface area (Å²) in [5, 5.41) is 0. The molecule has 0 aromatic heterocycles. The molecule has 0 atom stereocenters. The van der Waals surface area contributed by atoms with E-state index in [9.17, 15) is 0 Å². The molecule has 3 heteroatoms. The number of benzene rings is 1. The highest BCUT2D eigenvalue weighted by atomic mass is 15.2. The van der Waals surface area contributed by atoms with Crippen LogP contribution in [0.15, 0.2) is 24.3 Å². The second-order valence-electron chi connectivity index (χ2n) is 5.85. The standard InChI is InChI=1S/C16H27N3/c1-14(2)19(12-11-18-9-3-4-10-18)13-15-5-7-16(17)8-6-15/h5-8,14H,3-4,9-13,17H2,1-2H3. The minimum Gasteiger partial charge on any atom is -0.399 e. The monoisotopic (exact) mass is 261 g/mol. The molecule has 106 valence electrons. The van der Waals surface area contributed by atoms with Gasteiger partial charge in [-0.1, -0.05) is 12.1 Å². The minimum absolute atomic E-state index is 0.583. The molecule has 0 bridgehead atoms. The predicted molar refractivity (Wildman–Crippen MR) is 82.1 cm³/mol. The molecular weight excluding hydrogens is 234 g/mol. The van der Waals surface area contributed by atoms with Crippen molar-refractivity contribution in [2.45, 2.75) is 39.3 Å². The van der Waals surface area contributed by atoms with E-state index >= 15 is 0 Å². The van der Waals surface area contributed by atoms with Crippen LogP contribution in [0, 0.1) is 0 Å². The fourth-order valence-corrected chi connectivity index (χ4v) is 2.65. The molecule has 1 aliphatic rings. The lowest BCUT2D eigenvalue weighted by molar-refractivity contribution is 0.181. The molecule has 19 heavy (non-hydrogen) atoms. The van der Waals surface area contributed by atoms with Gasteiger partial charge < -0.3 is 10.6 Å². The number of hydrogen-bond donors (Lipinski definition) is 1. The summed E-state index contributed by atoms with van der Waals surface area (Å²) in [5.41, 5.74) is 7.93. The van der Waals surface area contributed by atoms with Crippen LogP contribution < -0.4 is 5.73 Å². The summed E-state index contributed by atoms with van der Waals surface area (Å²) in [7, 11) is 0. The smallest absolute Gasteiger partial charge is 0.0314 e. The van der Waals surface area contributed by atoms with Gasteiger partial charge in [0.1, 0.15) is 0 Å². The van der Waals surface area contributed by atoms with Gasteiger partial charge in [0.05, 0.1) is 0 Å². The summed E-state index contributed by atoms with van der Waals surface area (Å²) in [4.78, 5) is 5.13. The van der Waals surface area contributed by atoms with Gasteiger partial charge in [-0.2, -0.15) is 0 Å². The van der Waals surface area contributed by atoms with Gasteiger partial charge in [0.2, 0.25) is 0 Å². The Morgan fingerprint density at radius 1 is 1.16 bits per heavy atom. The molecule has 0 radical (unpaired) electrons. The Kier molecular flexibility index (Phi) is 5.23. The Balaban J connectivity index is 1.86. The highest BCUT2D eigenvalue weighted by molar-refractivity contribution is 5.39. The number of nitrogens with two attached hydrogens (primary N) is 1. The fourth-order valence-electron chi connectivity index (χ4n) is 2.65. The van der Waals surface area contributed by atoms with Crippen LogP contribution in [0.1, 0.15) is 32.3 Å². The van der Waals surface area contributed by atoms with Gasteiger partial charge >= 0.3 is 0 Å². The normalized spacial score (nSPS) is 16.6. The van der Waals surface area contributed by atoms with E-state index in [2.05, 4.69) is 35.8 Å². The zero-order chi connectivity index (χ0) is 13.7. The van der Waals surface area contributed by atoms with E-state index in [-0.39, 0.29) is 0 Å². The molecule has 0 aliphatic carbocycles. The largest absolute Gasteiger partial charge is 0.399 e.